The average Bonchev–Trinajstić information content (AvgIpc) is 3.57. The molecular formula is C30H39FN6O5S. The molecule has 0 radical (unpaired) electrons. The number of amidine groups is 1. The maximum absolute atomic E-state index is 14.1. The molecule has 2 fully saturated rings. The van der Waals surface area contributed by atoms with Crippen LogP contribution in [0.15, 0.2) is 46.0 Å². The molecule has 3 aliphatic rings. The van der Waals surface area contributed by atoms with E-state index in [9.17, 15) is 18.8 Å². The number of urea groups is 1. The first-order chi connectivity index (χ1) is 20.3. The number of fused-ring (bicyclic) bond motifs is 1. The summed E-state index contributed by atoms with van der Waals surface area (Å²) >= 11 is 1.44. The van der Waals surface area contributed by atoms with Crippen molar-refractivity contribution in [3.05, 3.63) is 63.0 Å². The van der Waals surface area contributed by atoms with Gasteiger partial charge in [-0.2, -0.15) is 0 Å². The van der Waals surface area contributed by atoms with Crippen LogP contribution in [0.3, 0.4) is 0 Å². The number of halogens is 1. The van der Waals surface area contributed by atoms with Crippen molar-refractivity contribution in [2.45, 2.75) is 53.1 Å². The highest BCUT2D eigenvalue weighted by Crippen LogP contribution is 2.35. The van der Waals surface area contributed by atoms with E-state index in [0.29, 0.717) is 46.3 Å². The Bertz CT molecular complexity index is 1440. The van der Waals surface area contributed by atoms with Crippen molar-refractivity contribution in [2.75, 3.05) is 39.3 Å². The number of allylic oxidation sites excluding steroid dienone is 1. The lowest BCUT2D eigenvalue weighted by Crippen LogP contribution is -2.58. The highest BCUT2D eigenvalue weighted by Gasteiger charge is 2.49. The van der Waals surface area contributed by atoms with Gasteiger partial charge in [-0.3, -0.25) is 9.79 Å². The van der Waals surface area contributed by atoms with E-state index in [1.807, 2.05) is 17.2 Å². The number of carboxylic acid groups (broad SMARTS) is 1. The van der Waals surface area contributed by atoms with Gasteiger partial charge in [0.05, 0.1) is 23.1 Å². The number of piperazine rings is 1. The summed E-state index contributed by atoms with van der Waals surface area (Å²) in [5.74, 6) is -1.09. The molecule has 4 heterocycles. The maximum Gasteiger partial charge on any atom is 0.338 e. The Kier molecular flexibility index (Phi) is 9.55. The zero-order valence-corrected chi connectivity index (χ0v) is 26.2. The Morgan fingerprint density at radius 1 is 1.30 bits per heavy atom. The van der Waals surface area contributed by atoms with E-state index in [-0.39, 0.29) is 30.5 Å². The minimum Gasteiger partial charge on any atom is -0.481 e. The molecule has 11 nitrogen and oxygen atoms in total. The molecular weight excluding hydrogens is 575 g/mol. The molecule has 0 spiro atoms. The van der Waals surface area contributed by atoms with Crippen molar-refractivity contribution >= 4 is 35.1 Å². The fourth-order valence-corrected chi connectivity index (χ4v) is 6.03. The smallest absolute Gasteiger partial charge is 0.338 e. The van der Waals surface area contributed by atoms with Crippen LogP contribution in [0, 0.1) is 18.2 Å². The van der Waals surface area contributed by atoms with E-state index in [1.165, 1.54) is 17.4 Å². The van der Waals surface area contributed by atoms with Crippen molar-refractivity contribution in [3.8, 4) is 0 Å². The molecule has 2 amide bonds. The second-order valence-corrected chi connectivity index (χ2v) is 12.6. The first kappa shape index (κ1) is 32.1. The molecule has 2 atom stereocenters. The fourth-order valence-electron chi connectivity index (χ4n) is 5.44. The molecule has 13 heteroatoms. The number of rotatable bonds is 7. The quantitative estimate of drug-likeness (QED) is 0.402. The SMILES string of the molecule is CC(C)(CN1CC2(C)CNCCN2C1=O)C(=O)O.CCOC(=O)C1=C(C)NC(c2nccs2)=NC1c1cccc(F)c1C. The molecule has 0 bridgehead atoms. The maximum atomic E-state index is 14.1. The summed E-state index contributed by atoms with van der Waals surface area (Å²) in [6, 6.07) is 4.12. The van der Waals surface area contributed by atoms with Gasteiger partial charge in [0.25, 0.3) is 0 Å². The molecule has 43 heavy (non-hydrogen) atoms. The summed E-state index contributed by atoms with van der Waals surface area (Å²) in [7, 11) is 0. The van der Waals surface area contributed by atoms with E-state index in [0.717, 1.165) is 13.1 Å². The number of nitrogens with one attached hydrogen (secondary N) is 2. The number of hydrogen-bond acceptors (Lipinski definition) is 9. The van der Waals surface area contributed by atoms with Gasteiger partial charge in [-0.1, -0.05) is 12.1 Å². The summed E-state index contributed by atoms with van der Waals surface area (Å²) < 4.78 is 19.3. The minimum atomic E-state index is -0.909. The van der Waals surface area contributed by atoms with Crippen LogP contribution < -0.4 is 10.6 Å². The Labute approximate surface area is 254 Å². The van der Waals surface area contributed by atoms with E-state index in [4.69, 9.17) is 9.84 Å². The second-order valence-electron chi connectivity index (χ2n) is 11.7. The highest BCUT2D eigenvalue weighted by atomic mass is 32.1. The van der Waals surface area contributed by atoms with E-state index in [1.54, 1.807) is 57.8 Å². The van der Waals surface area contributed by atoms with E-state index >= 15 is 0 Å². The molecule has 232 valence electrons. The van der Waals surface area contributed by atoms with Gasteiger partial charge in [-0.05, 0) is 58.7 Å². The fraction of sp³-hybridized carbons (Fsp3) is 0.500. The Hall–Kier alpha value is -3.84. The van der Waals surface area contributed by atoms with Crippen molar-refractivity contribution in [1.29, 1.82) is 0 Å². The van der Waals surface area contributed by atoms with Crippen LogP contribution >= 0.6 is 11.3 Å². The summed E-state index contributed by atoms with van der Waals surface area (Å²) in [4.78, 5) is 48.4. The van der Waals surface area contributed by atoms with Crippen LogP contribution in [0.4, 0.5) is 9.18 Å². The van der Waals surface area contributed by atoms with Crippen LogP contribution in [0.5, 0.6) is 0 Å². The zero-order chi connectivity index (χ0) is 31.5. The largest absolute Gasteiger partial charge is 0.481 e. The lowest BCUT2D eigenvalue weighted by atomic mass is 9.92. The van der Waals surface area contributed by atoms with Crippen molar-refractivity contribution in [1.82, 2.24) is 25.4 Å². The lowest BCUT2D eigenvalue weighted by Gasteiger charge is -2.38. The first-order valence-electron chi connectivity index (χ1n) is 14.2. The molecule has 2 unspecified atom stereocenters. The van der Waals surface area contributed by atoms with Crippen LogP contribution in [-0.4, -0.2) is 88.6 Å². The standard InChI is InChI=1S/C18H18FN3O2S.C12H21N3O3/c1-4-24-18(23)14-11(3)21-16(17-20-8-9-25-17)22-15(14)12-6-5-7-13(19)10(12)2;1-11(2,9(16)17)7-14-8-12(3)6-13-4-5-15(12)10(14)18/h5-9,15H,4H2,1-3H3,(H,21,22);13H,4-8H2,1-3H3,(H,16,17). The predicted molar refractivity (Wildman–Crippen MR) is 161 cm³/mol. The Morgan fingerprint density at radius 3 is 2.67 bits per heavy atom. The van der Waals surface area contributed by atoms with Gasteiger partial charge in [-0.25, -0.2) is 19.0 Å². The number of aliphatic carboxylic acids is 1. The van der Waals surface area contributed by atoms with E-state index < -0.39 is 23.4 Å². The summed E-state index contributed by atoms with van der Waals surface area (Å²) in [5.41, 5.74) is 1.00. The number of hydrogen-bond donors (Lipinski definition) is 3. The molecule has 0 saturated carbocycles. The summed E-state index contributed by atoms with van der Waals surface area (Å²) in [6.07, 6.45) is 1.69. The van der Waals surface area contributed by atoms with Gasteiger partial charge < -0.3 is 30.3 Å². The van der Waals surface area contributed by atoms with Crippen molar-refractivity contribution in [3.63, 3.8) is 0 Å². The molecule has 3 aliphatic heterocycles. The van der Waals surface area contributed by atoms with Gasteiger partial charge in [0, 0.05) is 50.0 Å². The van der Waals surface area contributed by atoms with Gasteiger partial charge in [0.2, 0.25) is 0 Å². The van der Waals surface area contributed by atoms with Crippen LogP contribution in [0.2, 0.25) is 0 Å². The van der Waals surface area contributed by atoms with E-state index in [2.05, 4.69) is 20.6 Å². The number of benzene rings is 1. The first-order valence-corrected chi connectivity index (χ1v) is 15.0. The normalized spacial score (nSPS) is 21.9. The Balaban J connectivity index is 0.000000208. The lowest BCUT2D eigenvalue weighted by molar-refractivity contribution is -0.147. The summed E-state index contributed by atoms with van der Waals surface area (Å²) in [6.45, 7) is 13.9. The third-order valence-electron chi connectivity index (χ3n) is 7.84. The second kappa shape index (κ2) is 12.8. The van der Waals surface area contributed by atoms with Gasteiger partial charge in [0.1, 0.15) is 11.9 Å². The number of amides is 2. The molecule has 1 aromatic carbocycles. The number of aliphatic imine (C=N–C) groups is 1. The van der Waals surface area contributed by atoms with Crippen LogP contribution in [0.1, 0.15) is 56.8 Å². The number of ether oxygens (including phenoxy) is 1. The van der Waals surface area contributed by atoms with Crippen LogP contribution in [-0.2, 0) is 14.3 Å². The average molecular weight is 615 g/mol. The summed E-state index contributed by atoms with van der Waals surface area (Å²) in [5, 5.41) is 18.1. The van der Waals surface area contributed by atoms with Crippen molar-refractivity contribution in [2.24, 2.45) is 10.4 Å². The van der Waals surface area contributed by atoms with Gasteiger partial charge in [-0.15, -0.1) is 11.3 Å². The number of carbonyl (C=O) groups is 3. The number of aromatic nitrogens is 1. The molecule has 5 rings (SSSR count). The Morgan fingerprint density at radius 2 is 2.05 bits per heavy atom. The molecule has 1 aromatic heterocycles. The number of nitrogens with zero attached hydrogens (tertiary/aromatic N) is 4. The third-order valence-corrected chi connectivity index (χ3v) is 8.62. The van der Waals surface area contributed by atoms with Crippen molar-refractivity contribution < 1.29 is 28.6 Å². The number of esters is 1. The number of carbonyl (C=O) groups excluding carboxylic acids is 2. The molecule has 3 N–H and O–H groups in total. The topological polar surface area (TPSA) is 136 Å². The monoisotopic (exact) mass is 614 g/mol. The number of carboxylic acids is 1. The van der Waals surface area contributed by atoms with Gasteiger partial charge >= 0.3 is 18.0 Å². The molecule has 0 aliphatic carbocycles. The van der Waals surface area contributed by atoms with Gasteiger partial charge in [0.15, 0.2) is 10.8 Å². The predicted octanol–water partition coefficient (Wildman–Crippen LogP) is 3.72. The molecule has 2 aromatic rings. The highest BCUT2D eigenvalue weighted by molar-refractivity contribution is 7.11. The number of thiazole rings is 1. The van der Waals surface area contributed by atoms with Crippen LogP contribution in [0.25, 0.3) is 0 Å². The molecule has 2 saturated heterocycles. The minimum absolute atomic E-state index is 0.0340. The third kappa shape index (κ3) is 6.72. The zero-order valence-electron chi connectivity index (χ0n) is 25.4.